The molecule has 0 aliphatic carbocycles. The summed E-state index contributed by atoms with van der Waals surface area (Å²) >= 11 is 0. The highest BCUT2D eigenvalue weighted by molar-refractivity contribution is 5.89. The molecule has 7 heteroatoms. The maximum Gasteiger partial charge on any atom is 0.329 e. The lowest BCUT2D eigenvalue weighted by molar-refractivity contribution is -0.155. The van der Waals surface area contributed by atoms with Crippen molar-refractivity contribution in [3.8, 4) is 0 Å². The number of hydrogen-bond acceptors (Lipinski definition) is 6. The van der Waals surface area contributed by atoms with Crippen LogP contribution >= 0.6 is 0 Å². The molecule has 1 amide bonds. The Bertz CT molecular complexity index is 778. The highest BCUT2D eigenvalue weighted by Crippen LogP contribution is 2.07. The zero-order valence-electron chi connectivity index (χ0n) is 15.7. The SMILES string of the molecule is CC(N)C(=O)N[C@@H](CC(=O)OCc1ccccc1)C(=O)OCc1ccccc1. The van der Waals surface area contributed by atoms with Gasteiger partial charge in [0.05, 0.1) is 12.5 Å². The summed E-state index contributed by atoms with van der Waals surface area (Å²) in [6.45, 7) is 1.59. The van der Waals surface area contributed by atoms with E-state index >= 15 is 0 Å². The molecule has 2 atom stereocenters. The predicted octanol–water partition coefficient (Wildman–Crippen LogP) is 1.70. The van der Waals surface area contributed by atoms with E-state index in [4.69, 9.17) is 15.2 Å². The van der Waals surface area contributed by atoms with E-state index in [1.807, 2.05) is 48.5 Å². The van der Waals surface area contributed by atoms with Crippen molar-refractivity contribution in [2.24, 2.45) is 5.73 Å². The molecular weight excluding hydrogens is 360 g/mol. The highest BCUT2D eigenvalue weighted by atomic mass is 16.5. The number of nitrogens with one attached hydrogen (secondary N) is 1. The Kier molecular flexibility index (Phi) is 8.17. The molecule has 148 valence electrons. The topological polar surface area (TPSA) is 108 Å². The Hall–Kier alpha value is -3.19. The molecular formula is C21H24N2O5. The first-order valence-electron chi connectivity index (χ1n) is 8.91. The molecule has 1 unspecified atom stereocenters. The zero-order valence-corrected chi connectivity index (χ0v) is 15.7. The van der Waals surface area contributed by atoms with Crippen LogP contribution in [-0.4, -0.2) is 29.9 Å². The van der Waals surface area contributed by atoms with Gasteiger partial charge < -0.3 is 20.5 Å². The standard InChI is InChI=1S/C21H24N2O5/c1-15(22)20(25)23-18(21(26)28-14-17-10-6-3-7-11-17)12-19(24)27-13-16-8-4-2-5-9-16/h2-11,15,18H,12-14,22H2,1H3,(H,23,25)/t15?,18-/m0/s1. The van der Waals surface area contributed by atoms with Gasteiger partial charge in [-0.2, -0.15) is 0 Å². The molecule has 7 nitrogen and oxygen atoms in total. The minimum absolute atomic E-state index is 0.0310. The van der Waals surface area contributed by atoms with E-state index in [0.717, 1.165) is 11.1 Å². The molecule has 3 N–H and O–H groups in total. The third kappa shape index (κ3) is 7.20. The molecule has 2 aromatic carbocycles. The van der Waals surface area contributed by atoms with Crippen molar-refractivity contribution >= 4 is 17.8 Å². The largest absolute Gasteiger partial charge is 0.461 e. The van der Waals surface area contributed by atoms with Crippen LogP contribution in [-0.2, 0) is 37.1 Å². The molecule has 0 saturated heterocycles. The van der Waals surface area contributed by atoms with Crippen molar-refractivity contribution in [1.82, 2.24) is 5.32 Å². The maximum absolute atomic E-state index is 12.4. The van der Waals surface area contributed by atoms with Gasteiger partial charge in [-0.15, -0.1) is 0 Å². The smallest absolute Gasteiger partial charge is 0.329 e. The second-order valence-electron chi connectivity index (χ2n) is 6.29. The molecule has 0 aliphatic heterocycles. The molecule has 0 fully saturated rings. The van der Waals surface area contributed by atoms with Crippen molar-refractivity contribution in [3.63, 3.8) is 0 Å². The number of benzene rings is 2. The second kappa shape index (κ2) is 10.8. The lowest BCUT2D eigenvalue weighted by atomic mass is 10.2. The summed E-state index contributed by atoms with van der Waals surface area (Å²) < 4.78 is 10.4. The van der Waals surface area contributed by atoms with E-state index < -0.39 is 29.9 Å². The lowest BCUT2D eigenvalue weighted by Gasteiger charge is -2.18. The first kappa shape index (κ1) is 21.1. The van der Waals surface area contributed by atoms with E-state index in [-0.39, 0.29) is 19.6 Å². The molecule has 0 radical (unpaired) electrons. The van der Waals surface area contributed by atoms with Gasteiger partial charge in [0.2, 0.25) is 5.91 Å². The Morgan fingerprint density at radius 2 is 1.39 bits per heavy atom. The minimum Gasteiger partial charge on any atom is -0.461 e. The zero-order chi connectivity index (χ0) is 20.4. The van der Waals surface area contributed by atoms with Gasteiger partial charge in [0.15, 0.2) is 0 Å². The second-order valence-corrected chi connectivity index (χ2v) is 6.29. The summed E-state index contributed by atoms with van der Waals surface area (Å²) in [5.41, 5.74) is 7.14. The fourth-order valence-corrected chi connectivity index (χ4v) is 2.29. The number of carbonyl (C=O) groups excluding carboxylic acids is 3. The van der Waals surface area contributed by atoms with Crippen molar-refractivity contribution in [3.05, 3.63) is 71.8 Å². The quantitative estimate of drug-likeness (QED) is 0.637. The lowest BCUT2D eigenvalue weighted by Crippen LogP contribution is -2.48. The number of rotatable bonds is 9. The molecule has 0 bridgehead atoms. The number of carbonyl (C=O) groups is 3. The number of hydrogen-bond donors (Lipinski definition) is 2. The van der Waals surface area contributed by atoms with Gasteiger partial charge in [0, 0.05) is 0 Å². The maximum atomic E-state index is 12.4. The highest BCUT2D eigenvalue weighted by Gasteiger charge is 2.27. The molecule has 0 spiro atoms. The Balaban J connectivity index is 1.94. The molecule has 0 aliphatic rings. The van der Waals surface area contributed by atoms with E-state index in [1.54, 1.807) is 12.1 Å². The minimum atomic E-state index is -1.18. The van der Waals surface area contributed by atoms with Crippen molar-refractivity contribution in [2.45, 2.75) is 38.6 Å². The van der Waals surface area contributed by atoms with Crippen LogP contribution in [0.15, 0.2) is 60.7 Å². The van der Waals surface area contributed by atoms with Gasteiger partial charge in [-0.05, 0) is 18.1 Å². The third-order valence-corrected chi connectivity index (χ3v) is 3.85. The van der Waals surface area contributed by atoms with Crippen LogP contribution in [0.5, 0.6) is 0 Å². The molecule has 0 saturated carbocycles. The Morgan fingerprint density at radius 1 is 0.893 bits per heavy atom. The summed E-state index contributed by atoms with van der Waals surface area (Å²) in [6.07, 6.45) is -0.348. The van der Waals surface area contributed by atoms with Gasteiger partial charge in [0.25, 0.3) is 0 Å². The van der Waals surface area contributed by atoms with E-state index in [2.05, 4.69) is 5.32 Å². The summed E-state index contributed by atoms with van der Waals surface area (Å²) in [4.78, 5) is 36.4. The van der Waals surface area contributed by atoms with E-state index in [0.29, 0.717) is 0 Å². The molecule has 2 rings (SSSR count). The summed E-state index contributed by atoms with van der Waals surface area (Å²) in [6, 6.07) is 16.2. The number of nitrogens with two attached hydrogens (primary N) is 1. The van der Waals surface area contributed by atoms with Crippen LogP contribution in [0.2, 0.25) is 0 Å². The predicted molar refractivity (Wildman–Crippen MR) is 103 cm³/mol. The molecule has 0 heterocycles. The van der Waals surface area contributed by atoms with Crippen LogP contribution in [0.3, 0.4) is 0 Å². The fraction of sp³-hybridized carbons (Fsp3) is 0.286. The average molecular weight is 384 g/mol. The van der Waals surface area contributed by atoms with Crippen LogP contribution in [0.25, 0.3) is 0 Å². The molecule has 28 heavy (non-hydrogen) atoms. The van der Waals surface area contributed by atoms with Gasteiger partial charge in [0.1, 0.15) is 19.3 Å². The van der Waals surface area contributed by atoms with Crippen molar-refractivity contribution in [2.75, 3.05) is 0 Å². The van der Waals surface area contributed by atoms with Crippen molar-refractivity contribution in [1.29, 1.82) is 0 Å². The van der Waals surface area contributed by atoms with Crippen LogP contribution in [0, 0.1) is 0 Å². The average Bonchev–Trinajstić information content (AvgIpc) is 2.71. The van der Waals surface area contributed by atoms with Gasteiger partial charge in [-0.1, -0.05) is 60.7 Å². The number of esters is 2. The number of ether oxygens (including phenoxy) is 2. The summed E-state index contributed by atoms with van der Waals surface area (Å²) in [5, 5.41) is 2.44. The molecule has 2 aromatic rings. The normalized spacial score (nSPS) is 12.5. The van der Waals surface area contributed by atoms with E-state index in [9.17, 15) is 14.4 Å². The van der Waals surface area contributed by atoms with E-state index in [1.165, 1.54) is 6.92 Å². The van der Waals surface area contributed by atoms with Crippen molar-refractivity contribution < 1.29 is 23.9 Å². The first-order valence-corrected chi connectivity index (χ1v) is 8.91. The fourth-order valence-electron chi connectivity index (χ4n) is 2.29. The Morgan fingerprint density at radius 3 is 1.89 bits per heavy atom. The third-order valence-electron chi connectivity index (χ3n) is 3.85. The summed E-state index contributed by atoms with van der Waals surface area (Å²) in [5.74, 6) is -1.91. The number of amides is 1. The summed E-state index contributed by atoms with van der Waals surface area (Å²) in [7, 11) is 0. The van der Waals surface area contributed by atoms with Gasteiger partial charge in [-0.25, -0.2) is 4.79 Å². The monoisotopic (exact) mass is 384 g/mol. The molecule has 0 aromatic heterocycles. The van der Waals surface area contributed by atoms with Gasteiger partial charge in [-0.3, -0.25) is 9.59 Å². The Labute approximate surface area is 163 Å². The first-order chi connectivity index (χ1) is 13.5. The van der Waals surface area contributed by atoms with Crippen LogP contribution in [0.4, 0.5) is 0 Å². The van der Waals surface area contributed by atoms with Gasteiger partial charge >= 0.3 is 11.9 Å². The van der Waals surface area contributed by atoms with Crippen LogP contribution in [0.1, 0.15) is 24.5 Å². The van der Waals surface area contributed by atoms with Crippen LogP contribution < -0.4 is 11.1 Å².